The Morgan fingerprint density at radius 3 is 2.42 bits per heavy atom. The number of carboxylic acids is 1. The molecule has 0 atom stereocenters. The zero-order valence-corrected chi connectivity index (χ0v) is 13.5. The maximum atomic E-state index is 12.4. The Balaban J connectivity index is 2.32. The van der Waals surface area contributed by atoms with Gasteiger partial charge in [0.15, 0.2) is 5.78 Å². The summed E-state index contributed by atoms with van der Waals surface area (Å²) in [7, 11) is 1.50. The number of ether oxygens (including phenoxy) is 1. The van der Waals surface area contributed by atoms with Gasteiger partial charge in [-0.1, -0.05) is 36.4 Å². The van der Waals surface area contributed by atoms with Crippen molar-refractivity contribution in [2.45, 2.75) is 6.92 Å². The van der Waals surface area contributed by atoms with Crippen LogP contribution in [-0.4, -0.2) is 24.0 Å². The summed E-state index contributed by atoms with van der Waals surface area (Å²) in [5.74, 6) is -0.685. The predicted octanol–water partition coefficient (Wildman–Crippen LogP) is 4.08. The third-order valence-corrected chi connectivity index (χ3v) is 3.48. The van der Waals surface area contributed by atoms with Crippen LogP contribution in [-0.2, 0) is 4.79 Å². The molecule has 4 nitrogen and oxygen atoms in total. The highest BCUT2D eigenvalue weighted by atomic mass is 16.5. The molecule has 4 heteroatoms. The van der Waals surface area contributed by atoms with Gasteiger partial charge >= 0.3 is 5.97 Å². The van der Waals surface area contributed by atoms with Gasteiger partial charge in [0.05, 0.1) is 7.11 Å². The van der Waals surface area contributed by atoms with E-state index in [1.807, 2.05) is 30.3 Å². The van der Waals surface area contributed by atoms with Gasteiger partial charge in [-0.3, -0.25) is 4.79 Å². The van der Waals surface area contributed by atoms with Crippen LogP contribution in [0.4, 0.5) is 0 Å². The maximum absolute atomic E-state index is 12.4. The molecule has 0 heterocycles. The van der Waals surface area contributed by atoms with Crippen molar-refractivity contribution in [3.63, 3.8) is 0 Å². The number of carboxylic acid groups (broad SMARTS) is 1. The van der Waals surface area contributed by atoms with E-state index in [9.17, 15) is 9.59 Å². The monoisotopic (exact) mass is 322 g/mol. The first kappa shape index (κ1) is 17.2. The van der Waals surface area contributed by atoms with Crippen LogP contribution >= 0.6 is 0 Å². The number of methoxy groups -OCH3 is 1. The summed E-state index contributed by atoms with van der Waals surface area (Å²) in [5.41, 5.74) is 2.50. The van der Waals surface area contributed by atoms with E-state index in [1.54, 1.807) is 31.2 Å². The molecule has 0 unspecified atom stereocenters. The van der Waals surface area contributed by atoms with Crippen molar-refractivity contribution in [3.8, 4) is 5.75 Å². The van der Waals surface area contributed by atoms with Gasteiger partial charge < -0.3 is 9.84 Å². The molecule has 0 saturated carbocycles. The van der Waals surface area contributed by atoms with Gasteiger partial charge in [0, 0.05) is 17.2 Å². The highest BCUT2D eigenvalue weighted by Gasteiger charge is 2.10. The third-order valence-electron chi connectivity index (χ3n) is 3.48. The van der Waals surface area contributed by atoms with Crippen LogP contribution in [0.3, 0.4) is 0 Å². The van der Waals surface area contributed by atoms with Crippen LogP contribution in [0.1, 0.15) is 28.4 Å². The van der Waals surface area contributed by atoms with Gasteiger partial charge in [0.25, 0.3) is 0 Å². The van der Waals surface area contributed by atoms with Crippen LogP contribution < -0.4 is 4.74 Å². The summed E-state index contributed by atoms with van der Waals surface area (Å²) in [6, 6.07) is 14.5. The number of hydrogen-bond acceptors (Lipinski definition) is 3. The molecule has 0 aliphatic carbocycles. The summed E-state index contributed by atoms with van der Waals surface area (Å²) >= 11 is 0. The van der Waals surface area contributed by atoms with Crippen molar-refractivity contribution in [1.29, 1.82) is 0 Å². The van der Waals surface area contributed by atoms with Crippen LogP contribution in [0.5, 0.6) is 5.75 Å². The molecule has 0 aromatic heterocycles. The van der Waals surface area contributed by atoms with E-state index in [0.717, 1.165) is 11.6 Å². The second kappa shape index (κ2) is 7.92. The van der Waals surface area contributed by atoms with Gasteiger partial charge in [0.2, 0.25) is 0 Å². The summed E-state index contributed by atoms with van der Waals surface area (Å²) in [5, 5.41) is 8.90. The van der Waals surface area contributed by atoms with Crippen LogP contribution in [0.15, 0.2) is 60.7 Å². The number of allylic oxidation sites excluding steroid dienone is 2. The number of ketones is 1. The maximum Gasteiger partial charge on any atom is 0.328 e. The Kier molecular flexibility index (Phi) is 5.68. The number of aliphatic carboxylic acids is 1. The smallest absolute Gasteiger partial charge is 0.328 e. The fourth-order valence-corrected chi connectivity index (χ4v) is 2.26. The molecule has 1 N–H and O–H groups in total. The number of carbonyl (C=O) groups is 2. The lowest BCUT2D eigenvalue weighted by Gasteiger charge is -2.10. The fraction of sp³-hybridized carbons (Fsp3) is 0.100. The summed E-state index contributed by atoms with van der Waals surface area (Å²) in [4.78, 5) is 23.2. The molecule has 0 spiro atoms. The highest BCUT2D eigenvalue weighted by Crippen LogP contribution is 2.27. The Labute approximate surface area is 140 Å². The van der Waals surface area contributed by atoms with E-state index in [-0.39, 0.29) is 5.78 Å². The number of hydrogen-bond donors (Lipinski definition) is 1. The number of rotatable bonds is 6. The van der Waals surface area contributed by atoms with E-state index >= 15 is 0 Å². The molecule has 0 saturated heterocycles. The molecule has 0 amide bonds. The standard InChI is InChI=1S/C20H18O4/c1-14(12-20(22)23)17-13-16(9-11-19(17)24-2)18(21)10-8-15-6-4-3-5-7-15/h3-13H,1-2H3,(H,22,23)/b10-8+,14-12-. The Hall–Kier alpha value is -3.14. The van der Waals surface area contributed by atoms with E-state index in [1.165, 1.54) is 13.2 Å². The Bertz CT molecular complexity index is 802. The van der Waals surface area contributed by atoms with Gasteiger partial charge in [0.1, 0.15) is 5.75 Å². The highest BCUT2D eigenvalue weighted by molar-refractivity contribution is 6.07. The van der Waals surface area contributed by atoms with E-state index < -0.39 is 5.97 Å². The molecule has 122 valence electrons. The molecule has 0 bridgehead atoms. The minimum Gasteiger partial charge on any atom is -0.496 e. The van der Waals surface area contributed by atoms with Crippen LogP contribution in [0.25, 0.3) is 11.6 Å². The molecule has 2 rings (SSSR count). The van der Waals surface area contributed by atoms with Crippen molar-refractivity contribution in [1.82, 2.24) is 0 Å². The minimum absolute atomic E-state index is 0.161. The summed E-state index contributed by atoms with van der Waals surface area (Å²) < 4.78 is 5.25. The van der Waals surface area contributed by atoms with Crippen LogP contribution in [0, 0.1) is 0 Å². The lowest BCUT2D eigenvalue weighted by atomic mass is 10.00. The van der Waals surface area contributed by atoms with Crippen molar-refractivity contribution >= 4 is 23.4 Å². The second-order valence-electron chi connectivity index (χ2n) is 5.19. The van der Waals surface area contributed by atoms with Gasteiger partial charge in [-0.15, -0.1) is 0 Å². The van der Waals surface area contributed by atoms with Crippen molar-refractivity contribution < 1.29 is 19.4 Å². The second-order valence-corrected chi connectivity index (χ2v) is 5.19. The van der Waals surface area contributed by atoms with Gasteiger partial charge in [-0.25, -0.2) is 4.79 Å². The van der Waals surface area contributed by atoms with Crippen LogP contribution in [0.2, 0.25) is 0 Å². The van der Waals surface area contributed by atoms with Crippen molar-refractivity contribution in [2.75, 3.05) is 7.11 Å². The first-order valence-electron chi connectivity index (χ1n) is 7.38. The zero-order chi connectivity index (χ0) is 17.5. The molecular formula is C20H18O4. The molecule has 0 aliphatic rings. The summed E-state index contributed by atoms with van der Waals surface area (Å²) in [6.45, 7) is 1.67. The molecule has 0 fully saturated rings. The first-order valence-corrected chi connectivity index (χ1v) is 7.38. The SMILES string of the molecule is COc1ccc(C(=O)/C=C/c2ccccc2)cc1/C(C)=C\C(=O)O. The molecule has 0 radical (unpaired) electrons. The normalized spacial score (nSPS) is 11.5. The molecule has 24 heavy (non-hydrogen) atoms. The van der Waals surface area contributed by atoms with Crippen molar-refractivity contribution in [3.05, 3.63) is 77.4 Å². The molecule has 2 aromatic carbocycles. The lowest BCUT2D eigenvalue weighted by molar-refractivity contribution is -0.131. The first-order chi connectivity index (χ1) is 11.5. The molecule has 2 aromatic rings. The number of benzene rings is 2. The third kappa shape index (κ3) is 4.43. The summed E-state index contributed by atoms with van der Waals surface area (Å²) in [6.07, 6.45) is 4.33. The van der Waals surface area contributed by atoms with E-state index in [4.69, 9.17) is 9.84 Å². The Morgan fingerprint density at radius 2 is 1.79 bits per heavy atom. The van der Waals surface area contributed by atoms with E-state index in [2.05, 4.69) is 0 Å². The average Bonchev–Trinajstić information content (AvgIpc) is 2.59. The topological polar surface area (TPSA) is 63.6 Å². The minimum atomic E-state index is -1.05. The lowest BCUT2D eigenvalue weighted by Crippen LogP contribution is -1.99. The fourth-order valence-electron chi connectivity index (χ4n) is 2.26. The quantitative estimate of drug-likeness (QED) is 0.643. The van der Waals surface area contributed by atoms with E-state index in [0.29, 0.717) is 22.4 Å². The molecule has 0 aliphatic heterocycles. The largest absolute Gasteiger partial charge is 0.496 e. The van der Waals surface area contributed by atoms with Crippen molar-refractivity contribution in [2.24, 2.45) is 0 Å². The Morgan fingerprint density at radius 1 is 1.08 bits per heavy atom. The van der Waals surface area contributed by atoms with Gasteiger partial charge in [-0.2, -0.15) is 0 Å². The van der Waals surface area contributed by atoms with Gasteiger partial charge in [-0.05, 0) is 42.3 Å². The number of carbonyl (C=O) groups excluding carboxylic acids is 1. The predicted molar refractivity (Wildman–Crippen MR) is 94.1 cm³/mol. The molecular weight excluding hydrogens is 304 g/mol. The average molecular weight is 322 g/mol. The zero-order valence-electron chi connectivity index (χ0n) is 13.5.